The Morgan fingerprint density at radius 1 is 1.20 bits per heavy atom. The minimum absolute atomic E-state index is 0.262. The van der Waals surface area contributed by atoms with Gasteiger partial charge in [-0.15, -0.1) is 0 Å². The summed E-state index contributed by atoms with van der Waals surface area (Å²) in [7, 11) is 0. The highest BCUT2D eigenvalue weighted by Crippen LogP contribution is 2.18. The maximum absolute atomic E-state index is 5.26. The Morgan fingerprint density at radius 3 is 2.00 bits per heavy atom. The summed E-state index contributed by atoms with van der Waals surface area (Å²) < 4.78 is 10.5. The SMILES string of the molecule is C=C1O[C@H](C)CC[C@@H](C)O1. The smallest absolute Gasteiger partial charge is 0.272 e. The van der Waals surface area contributed by atoms with E-state index >= 15 is 0 Å². The monoisotopic (exact) mass is 142 g/mol. The van der Waals surface area contributed by atoms with Crippen molar-refractivity contribution in [1.82, 2.24) is 0 Å². The van der Waals surface area contributed by atoms with Crippen LogP contribution >= 0.6 is 0 Å². The Morgan fingerprint density at radius 2 is 1.60 bits per heavy atom. The van der Waals surface area contributed by atoms with E-state index in [0.29, 0.717) is 5.95 Å². The molecule has 0 aromatic rings. The topological polar surface area (TPSA) is 18.5 Å². The van der Waals surface area contributed by atoms with Crippen LogP contribution in [0.1, 0.15) is 26.7 Å². The molecule has 1 saturated heterocycles. The molecule has 0 amide bonds. The van der Waals surface area contributed by atoms with Gasteiger partial charge in [0.25, 0.3) is 5.95 Å². The van der Waals surface area contributed by atoms with Crippen LogP contribution in [0.4, 0.5) is 0 Å². The van der Waals surface area contributed by atoms with Gasteiger partial charge in [0.05, 0.1) is 12.2 Å². The molecule has 10 heavy (non-hydrogen) atoms. The van der Waals surface area contributed by atoms with Crippen molar-refractivity contribution >= 4 is 0 Å². The lowest BCUT2D eigenvalue weighted by molar-refractivity contribution is 0.00317. The first-order valence-electron chi connectivity index (χ1n) is 3.70. The highest BCUT2D eigenvalue weighted by Gasteiger charge is 2.15. The van der Waals surface area contributed by atoms with Crippen LogP contribution in [-0.4, -0.2) is 12.2 Å². The van der Waals surface area contributed by atoms with Crippen LogP contribution in [0.25, 0.3) is 0 Å². The van der Waals surface area contributed by atoms with Crippen molar-refractivity contribution in [2.24, 2.45) is 0 Å². The zero-order chi connectivity index (χ0) is 7.56. The molecule has 0 radical (unpaired) electrons. The van der Waals surface area contributed by atoms with Crippen molar-refractivity contribution in [1.29, 1.82) is 0 Å². The molecule has 1 rings (SSSR count). The lowest BCUT2D eigenvalue weighted by Crippen LogP contribution is -2.03. The lowest BCUT2D eigenvalue weighted by atomic mass is 10.1. The highest BCUT2D eigenvalue weighted by atomic mass is 16.7. The third kappa shape index (κ3) is 1.94. The minimum atomic E-state index is 0.262. The molecule has 0 spiro atoms. The quantitative estimate of drug-likeness (QED) is 0.515. The first-order chi connectivity index (χ1) is 4.68. The van der Waals surface area contributed by atoms with Gasteiger partial charge in [0.2, 0.25) is 0 Å². The van der Waals surface area contributed by atoms with E-state index in [1.807, 2.05) is 13.8 Å². The molecule has 2 atom stereocenters. The normalized spacial score (nSPS) is 34.0. The molecule has 0 aliphatic carbocycles. The Kier molecular flexibility index (Phi) is 2.20. The predicted octanol–water partition coefficient (Wildman–Crippen LogP) is 2.06. The molecule has 58 valence electrons. The molecule has 1 fully saturated rings. The third-order valence-electron chi connectivity index (χ3n) is 1.64. The second-order valence-corrected chi connectivity index (χ2v) is 2.81. The largest absolute Gasteiger partial charge is 0.463 e. The van der Waals surface area contributed by atoms with Crippen molar-refractivity contribution in [3.8, 4) is 0 Å². The Balaban J connectivity index is 2.46. The van der Waals surface area contributed by atoms with Crippen molar-refractivity contribution in [3.63, 3.8) is 0 Å². The lowest BCUT2D eigenvalue weighted by Gasteiger charge is -2.11. The Hall–Kier alpha value is -0.660. The first kappa shape index (κ1) is 7.45. The average molecular weight is 142 g/mol. The summed E-state index contributed by atoms with van der Waals surface area (Å²) in [6, 6.07) is 0. The summed E-state index contributed by atoms with van der Waals surface area (Å²) in [5, 5.41) is 0. The summed E-state index contributed by atoms with van der Waals surface area (Å²) >= 11 is 0. The second-order valence-electron chi connectivity index (χ2n) is 2.81. The summed E-state index contributed by atoms with van der Waals surface area (Å²) in [6.07, 6.45) is 2.63. The van der Waals surface area contributed by atoms with Gasteiger partial charge in [-0.3, -0.25) is 0 Å². The molecule has 2 nitrogen and oxygen atoms in total. The number of hydrogen-bond donors (Lipinski definition) is 0. The average Bonchev–Trinajstić information content (AvgIpc) is 1.93. The van der Waals surface area contributed by atoms with Gasteiger partial charge in [-0.2, -0.15) is 0 Å². The van der Waals surface area contributed by atoms with Gasteiger partial charge in [-0.1, -0.05) is 0 Å². The van der Waals surface area contributed by atoms with E-state index in [1.54, 1.807) is 0 Å². The highest BCUT2D eigenvalue weighted by molar-refractivity contribution is 4.76. The van der Waals surface area contributed by atoms with E-state index in [9.17, 15) is 0 Å². The molecule has 0 unspecified atom stereocenters. The zero-order valence-electron chi connectivity index (χ0n) is 6.59. The van der Waals surface area contributed by atoms with Gasteiger partial charge < -0.3 is 9.47 Å². The fourth-order valence-electron chi connectivity index (χ4n) is 1.06. The van der Waals surface area contributed by atoms with E-state index in [4.69, 9.17) is 9.47 Å². The standard InChI is InChI=1S/C8H14O2/c1-6-4-5-7(2)10-8(3)9-6/h6-7H,3-5H2,1-2H3/t6-,7-/m1/s1. The van der Waals surface area contributed by atoms with Gasteiger partial charge in [0.1, 0.15) is 0 Å². The van der Waals surface area contributed by atoms with E-state index in [-0.39, 0.29) is 12.2 Å². The van der Waals surface area contributed by atoms with E-state index < -0.39 is 0 Å². The molecule has 0 aromatic heterocycles. The molecule has 0 aromatic carbocycles. The predicted molar refractivity (Wildman–Crippen MR) is 39.5 cm³/mol. The van der Waals surface area contributed by atoms with Crippen LogP contribution in [0, 0.1) is 0 Å². The van der Waals surface area contributed by atoms with Crippen LogP contribution in [0.15, 0.2) is 12.5 Å². The molecule has 0 bridgehead atoms. The summed E-state index contributed by atoms with van der Waals surface area (Å²) in [5.74, 6) is 0.470. The van der Waals surface area contributed by atoms with Crippen molar-refractivity contribution in [2.75, 3.05) is 0 Å². The maximum atomic E-state index is 5.26. The number of ether oxygens (including phenoxy) is 2. The van der Waals surface area contributed by atoms with Crippen LogP contribution in [-0.2, 0) is 9.47 Å². The van der Waals surface area contributed by atoms with Crippen LogP contribution < -0.4 is 0 Å². The van der Waals surface area contributed by atoms with E-state index in [1.165, 1.54) is 0 Å². The molecule has 2 heteroatoms. The molecule has 0 N–H and O–H groups in total. The molecule has 0 saturated carbocycles. The van der Waals surface area contributed by atoms with Gasteiger partial charge in [0.15, 0.2) is 0 Å². The van der Waals surface area contributed by atoms with Crippen LogP contribution in [0.2, 0.25) is 0 Å². The zero-order valence-corrected chi connectivity index (χ0v) is 6.59. The van der Waals surface area contributed by atoms with Crippen LogP contribution in [0.5, 0.6) is 0 Å². The molecular formula is C8H14O2. The van der Waals surface area contributed by atoms with Crippen molar-refractivity contribution in [2.45, 2.75) is 38.9 Å². The van der Waals surface area contributed by atoms with E-state index in [2.05, 4.69) is 6.58 Å². The number of rotatable bonds is 0. The second kappa shape index (κ2) is 2.95. The first-order valence-corrected chi connectivity index (χ1v) is 3.70. The Labute approximate surface area is 61.8 Å². The summed E-state index contributed by atoms with van der Waals surface area (Å²) in [4.78, 5) is 0. The maximum Gasteiger partial charge on any atom is 0.272 e. The summed E-state index contributed by atoms with van der Waals surface area (Å²) in [5.41, 5.74) is 0. The van der Waals surface area contributed by atoms with Gasteiger partial charge >= 0.3 is 0 Å². The molecular weight excluding hydrogens is 128 g/mol. The fraction of sp³-hybridized carbons (Fsp3) is 0.750. The number of hydrogen-bond acceptors (Lipinski definition) is 2. The summed E-state index contributed by atoms with van der Waals surface area (Å²) in [6.45, 7) is 7.70. The van der Waals surface area contributed by atoms with Gasteiger partial charge in [-0.25, -0.2) is 0 Å². The van der Waals surface area contributed by atoms with E-state index in [0.717, 1.165) is 12.8 Å². The molecule has 1 aliphatic heterocycles. The fourth-order valence-corrected chi connectivity index (χ4v) is 1.06. The van der Waals surface area contributed by atoms with Gasteiger partial charge in [-0.05, 0) is 33.3 Å². The minimum Gasteiger partial charge on any atom is -0.463 e. The van der Waals surface area contributed by atoms with Crippen LogP contribution in [0.3, 0.4) is 0 Å². The third-order valence-corrected chi connectivity index (χ3v) is 1.64. The molecule has 1 aliphatic rings. The van der Waals surface area contributed by atoms with Crippen molar-refractivity contribution < 1.29 is 9.47 Å². The van der Waals surface area contributed by atoms with Crippen molar-refractivity contribution in [3.05, 3.63) is 12.5 Å². The van der Waals surface area contributed by atoms with Gasteiger partial charge in [0, 0.05) is 0 Å². The molecule has 1 heterocycles. The Bertz CT molecular complexity index is 117.